The monoisotopic (exact) mass is 317 g/mol. The van der Waals surface area contributed by atoms with Gasteiger partial charge in [-0.3, -0.25) is 0 Å². The van der Waals surface area contributed by atoms with E-state index in [9.17, 15) is 5.11 Å². The van der Waals surface area contributed by atoms with Crippen LogP contribution in [0.3, 0.4) is 0 Å². The number of guanidine groups is 1. The highest BCUT2D eigenvalue weighted by molar-refractivity contribution is 6.31. The molecule has 0 heterocycles. The van der Waals surface area contributed by atoms with Crippen molar-refractivity contribution in [3.05, 3.63) is 64.7 Å². The second-order valence-corrected chi connectivity index (χ2v) is 5.22. The fourth-order valence-electron chi connectivity index (χ4n) is 1.99. The summed E-state index contributed by atoms with van der Waals surface area (Å²) in [5.41, 5.74) is 1.97. The molecule has 0 aliphatic carbocycles. The summed E-state index contributed by atoms with van der Waals surface area (Å²) in [6, 6.07) is 14.8. The Morgan fingerprint density at radius 3 is 2.68 bits per heavy atom. The van der Waals surface area contributed by atoms with Gasteiger partial charge in [0.15, 0.2) is 5.96 Å². The molecule has 116 valence electrons. The molecule has 0 aliphatic rings. The van der Waals surface area contributed by atoms with Crippen LogP contribution in [0, 0.1) is 0 Å². The minimum Gasteiger partial charge on any atom is -0.508 e. The zero-order chi connectivity index (χ0) is 15.8. The van der Waals surface area contributed by atoms with Crippen molar-refractivity contribution in [1.29, 1.82) is 0 Å². The van der Waals surface area contributed by atoms with Crippen LogP contribution in [0.4, 0.5) is 0 Å². The molecule has 4 nitrogen and oxygen atoms in total. The van der Waals surface area contributed by atoms with Crippen molar-refractivity contribution in [2.75, 3.05) is 6.54 Å². The molecule has 5 heteroatoms. The van der Waals surface area contributed by atoms with Crippen LogP contribution in [0.15, 0.2) is 53.5 Å². The lowest BCUT2D eigenvalue weighted by Gasteiger charge is -2.12. The van der Waals surface area contributed by atoms with Gasteiger partial charge in [0.05, 0.1) is 6.54 Å². The average molecular weight is 318 g/mol. The molecule has 0 saturated heterocycles. The lowest BCUT2D eigenvalue weighted by atomic mass is 10.2. The van der Waals surface area contributed by atoms with E-state index < -0.39 is 0 Å². The third-order valence-electron chi connectivity index (χ3n) is 3.08. The summed E-state index contributed by atoms with van der Waals surface area (Å²) in [6.45, 7) is 3.88. The predicted molar refractivity (Wildman–Crippen MR) is 91.2 cm³/mol. The minimum absolute atomic E-state index is 0.252. The molecule has 2 aromatic carbocycles. The summed E-state index contributed by atoms with van der Waals surface area (Å²) in [4.78, 5) is 4.51. The fraction of sp³-hybridized carbons (Fsp3) is 0.235. The molecule has 0 aromatic heterocycles. The topological polar surface area (TPSA) is 56.7 Å². The summed E-state index contributed by atoms with van der Waals surface area (Å²) >= 11 is 6.15. The molecule has 2 aromatic rings. The molecular formula is C17H20ClN3O. The van der Waals surface area contributed by atoms with Crippen LogP contribution >= 0.6 is 11.6 Å². The molecule has 0 aliphatic heterocycles. The molecule has 0 fully saturated rings. The van der Waals surface area contributed by atoms with Crippen LogP contribution in [0.2, 0.25) is 5.02 Å². The standard InChI is InChI=1S/C17H20ClN3O/c1-2-19-17(20-11-13-6-5-8-15(22)10-13)21-12-14-7-3-4-9-16(14)18/h3-10,22H,2,11-12H2,1H3,(H2,19,20,21). The number of hydrogen-bond donors (Lipinski definition) is 3. The van der Waals surface area contributed by atoms with Crippen molar-refractivity contribution < 1.29 is 5.11 Å². The van der Waals surface area contributed by atoms with Gasteiger partial charge in [0.1, 0.15) is 5.75 Å². The summed E-state index contributed by atoms with van der Waals surface area (Å²) in [7, 11) is 0. The number of phenolic OH excluding ortho intramolecular Hbond substituents is 1. The Labute approximate surface area is 135 Å². The van der Waals surface area contributed by atoms with E-state index in [-0.39, 0.29) is 5.75 Å². The third-order valence-corrected chi connectivity index (χ3v) is 3.45. The smallest absolute Gasteiger partial charge is 0.191 e. The van der Waals surface area contributed by atoms with Crippen LogP contribution in [0.5, 0.6) is 5.75 Å². The van der Waals surface area contributed by atoms with E-state index in [1.54, 1.807) is 12.1 Å². The number of hydrogen-bond acceptors (Lipinski definition) is 2. The zero-order valence-corrected chi connectivity index (χ0v) is 13.3. The molecule has 2 rings (SSSR count). The quantitative estimate of drug-likeness (QED) is 0.586. The Kier molecular flexibility index (Phi) is 6.10. The molecule has 0 amide bonds. The first-order valence-electron chi connectivity index (χ1n) is 7.22. The Morgan fingerprint density at radius 2 is 1.95 bits per heavy atom. The highest BCUT2D eigenvalue weighted by Crippen LogP contribution is 2.14. The Morgan fingerprint density at radius 1 is 1.14 bits per heavy atom. The number of nitrogens with zero attached hydrogens (tertiary/aromatic N) is 1. The third kappa shape index (κ3) is 4.97. The molecule has 0 saturated carbocycles. The average Bonchev–Trinajstić information content (AvgIpc) is 2.51. The van der Waals surface area contributed by atoms with Crippen LogP contribution < -0.4 is 10.6 Å². The maximum absolute atomic E-state index is 9.47. The number of benzene rings is 2. The molecule has 0 unspecified atom stereocenters. The Balaban J connectivity index is 2.00. The van der Waals surface area contributed by atoms with Crippen molar-refractivity contribution in [2.24, 2.45) is 4.99 Å². The molecule has 22 heavy (non-hydrogen) atoms. The van der Waals surface area contributed by atoms with Gasteiger partial charge < -0.3 is 15.7 Å². The number of aliphatic imine (C=N–C) groups is 1. The van der Waals surface area contributed by atoms with E-state index in [2.05, 4.69) is 15.6 Å². The number of rotatable bonds is 5. The summed E-state index contributed by atoms with van der Waals surface area (Å²) in [5.74, 6) is 0.965. The van der Waals surface area contributed by atoms with Crippen molar-refractivity contribution >= 4 is 17.6 Å². The van der Waals surface area contributed by atoms with Gasteiger partial charge in [0, 0.05) is 18.1 Å². The van der Waals surface area contributed by atoms with E-state index in [1.165, 1.54) is 0 Å². The fourth-order valence-corrected chi connectivity index (χ4v) is 2.19. The first kappa shape index (κ1) is 16.2. The number of halogens is 1. The Hall–Kier alpha value is -2.20. The molecule has 3 N–H and O–H groups in total. The molecule has 0 atom stereocenters. The van der Waals surface area contributed by atoms with Crippen molar-refractivity contribution in [2.45, 2.75) is 20.0 Å². The van der Waals surface area contributed by atoms with Gasteiger partial charge >= 0.3 is 0 Å². The van der Waals surface area contributed by atoms with Gasteiger partial charge in [-0.25, -0.2) is 4.99 Å². The van der Waals surface area contributed by atoms with E-state index >= 15 is 0 Å². The first-order chi connectivity index (χ1) is 10.7. The molecular weight excluding hydrogens is 298 g/mol. The minimum atomic E-state index is 0.252. The van der Waals surface area contributed by atoms with Crippen molar-refractivity contribution in [1.82, 2.24) is 10.6 Å². The van der Waals surface area contributed by atoms with Crippen LogP contribution in [0.25, 0.3) is 0 Å². The predicted octanol–water partition coefficient (Wildman–Crippen LogP) is 3.30. The normalized spacial score (nSPS) is 11.3. The molecule has 0 radical (unpaired) electrons. The maximum atomic E-state index is 9.47. The summed E-state index contributed by atoms with van der Waals surface area (Å²) in [5, 5.41) is 16.6. The number of phenols is 1. The second-order valence-electron chi connectivity index (χ2n) is 4.81. The lowest BCUT2D eigenvalue weighted by Crippen LogP contribution is -2.36. The Bertz CT molecular complexity index is 643. The molecule has 0 bridgehead atoms. The van der Waals surface area contributed by atoms with Gasteiger partial charge in [0.25, 0.3) is 0 Å². The van der Waals surface area contributed by atoms with Gasteiger partial charge in [-0.05, 0) is 36.2 Å². The van der Waals surface area contributed by atoms with E-state index in [4.69, 9.17) is 11.6 Å². The van der Waals surface area contributed by atoms with E-state index in [1.807, 2.05) is 43.3 Å². The second kappa shape index (κ2) is 8.29. The van der Waals surface area contributed by atoms with Gasteiger partial charge in [-0.1, -0.05) is 41.9 Å². The number of aromatic hydroxyl groups is 1. The largest absolute Gasteiger partial charge is 0.508 e. The SMILES string of the molecule is CCNC(=NCc1cccc(O)c1)NCc1ccccc1Cl. The molecule has 0 spiro atoms. The first-order valence-corrected chi connectivity index (χ1v) is 7.60. The van der Waals surface area contributed by atoms with Gasteiger partial charge in [-0.15, -0.1) is 0 Å². The highest BCUT2D eigenvalue weighted by Gasteiger charge is 2.02. The lowest BCUT2D eigenvalue weighted by molar-refractivity contribution is 0.474. The summed E-state index contributed by atoms with van der Waals surface area (Å²) < 4.78 is 0. The van der Waals surface area contributed by atoms with Crippen molar-refractivity contribution in [3.8, 4) is 5.75 Å². The van der Waals surface area contributed by atoms with Crippen LogP contribution in [-0.4, -0.2) is 17.6 Å². The van der Waals surface area contributed by atoms with E-state index in [0.29, 0.717) is 19.0 Å². The van der Waals surface area contributed by atoms with Gasteiger partial charge in [0.2, 0.25) is 0 Å². The van der Waals surface area contributed by atoms with Gasteiger partial charge in [-0.2, -0.15) is 0 Å². The summed E-state index contributed by atoms with van der Waals surface area (Å²) in [6.07, 6.45) is 0. The van der Waals surface area contributed by atoms with Crippen LogP contribution in [0.1, 0.15) is 18.1 Å². The number of nitrogens with one attached hydrogen (secondary N) is 2. The highest BCUT2D eigenvalue weighted by atomic mass is 35.5. The van der Waals surface area contributed by atoms with E-state index in [0.717, 1.165) is 22.7 Å². The van der Waals surface area contributed by atoms with Crippen molar-refractivity contribution in [3.63, 3.8) is 0 Å². The van der Waals surface area contributed by atoms with Crippen LogP contribution in [-0.2, 0) is 13.1 Å². The zero-order valence-electron chi connectivity index (χ0n) is 12.5. The maximum Gasteiger partial charge on any atom is 0.191 e.